The summed E-state index contributed by atoms with van der Waals surface area (Å²) in [6.45, 7) is 12.8. The molecule has 0 fully saturated rings. The second-order valence-electron chi connectivity index (χ2n) is 10.4. The normalized spacial score (nSPS) is 11.4. The molecular formula is C33H67NO11. The predicted molar refractivity (Wildman–Crippen MR) is 174 cm³/mol. The van der Waals surface area contributed by atoms with Gasteiger partial charge in [0.25, 0.3) is 0 Å². The van der Waals surface area contributed by atoms with Gasteiger partial charge in [-0.15, -0.1) is 0 Å². The summed E-state index contributed by atoms with van der Waals surface area (Å²) in [5.74, 6) is -0.134. The summed E-state index contributed by atoms with van der Waals surface area (Å²) in [4.78, 5) is 11.8. The van der Waals surface area contributed by atoms with Crippen LogP contribution in [0.25, 0.3) is 0 Å². The number of hydrogen-bond acceptors (Lipinski definition) is 12. The van der Waals surface area contributed by atoms with Crippen LogP contribution in [0.15, 0.2) is 0 Å². The second-order valence-corrected chi connectivity index (χ2v) is 10.4. The molecule has 12 nitrogen and oxygen atoms in total. The third kappa shape index (κ3) is 41.0. The average molecular weight is 654 g/mol. The van der Waals surface area contributed by atoms with Gasteiger partial charge >= 0.3 is 5.97 Å². The molecule has 0 unspecified atom stereocenters. The number of carbonyl (C=O) groups is 1. The van der Waals surface area contributed by atoms with Gasteiger partial charge in [0.2, 0.25) is 0 Å². The zero-order valence-corrected chi connectivity index (χ0v) is 28.7. The van der Waals surface area contributed by atoms with Gasteiger partial charge in [0.15, 0.2) is 0 Å². The van der Waals surface area contributed by atoms with Gasteiger partial charge in [0, 0.05) is 13.0 Å². The van der Waals surface area contributed by atoms with Crippen LogP contribution in [0.3, 0.4) is 0 Å². The number of hydrogen-bond donors (Lipinski definition) is 1. The van der Waals surface area contributed by atoms with Gasteiger partial charge in [-0.2, -0.15) is 0 Å². The molecule has 0 radical (unpaired) electrons. The molecule has 0 rings (SSSR count). The third-order valence-corrected chi connectivity index (χ3v) is 6.45. The Balaban J connectivity index is 3.10. The highest BCUT2D eigenvalue weighted by Crippen LogP contribution is 2.10. The SMILES string of the molecule is CCCCCCCCCCCC(=O)OCCOCCOCCOCCOCCOCCOCCOCCOCCOCCNC. The minimum absolute atomic E-state index is 0.134. The molecule has 0 aromatic heterocycles. The Kier molecular flexibility index (Phi) is 40.2. The first-order chi connectivity index (χ1) is 22.3. The zero-order valence-electron chi connectivity index (χ0n) is 28.7. The highest BCUT2D eigenvalue weighted by molar-refractivity contribution is 5.69. The first kappa shape index (κ1) is 44.1. The van der Waals surface area contributed by atoms with Crippen LogP contribution in [-0.4, -0.2) is 145 Å². The molecule has 0 saturated carbocycles. The zero-order chi connectivity index (χ0) is 32.6. The number of nitrogens with one attached hydrogen (secondary N) is 1. The van der Waals surface area contributed by atoms with Crippen molar-refractivity contribution < 1.29 is 52.2 Å². The van der Waals surface area contributed by atoms with Crippen molar-refractivity contribution in [3.05, 3.63) is 0 Å². The van der Waals surface area contributed by atoms with Gasteiger partial charge in [-0.1, -0.05) is 58.3 Å². The Hall–Kier alpha value is -0.930. The standard InChI is InChI=1S/C33H67NO11/c1-3-4-5-6-7-8-9-10-11-12-33(35)45-32-31-44-30-29-43-28-27-42-26-25-41-24-23-40-22-21-39-20-19-38-18-17-37-16-15-36-14-13-34-2/h34H,3-32H2,1-2H3. The minimum atomic E-state index is -0.134. The summed E-state index contributed by atoms with van der Waals surface area (Å²) in [5.41, 5.74) is 0. The maximum Gasteiger partial charge on any atom is 0.305 e. The third-order valence-electron chi connectivity index (χ3n) is 6.45. The van der Waals surface area contributed by atoms with Crippen LogP contribution in [0.5, 0.6) is 0 Å². The van der Waals surface area contributed by atoms with Crippen LogP contribution in [0, 0.1) is 0 Å². The fourth-order valence-corrected chi connectivity index (χ4v) is 3.90. The summed E-state index contributed by atoms with van der Waals surface area (Å²) < 4.78 is 54.2. The number of esters is 1. The van der Waals surface area contributed by atoms with Crippen molar-refractivity contribution in [2.45, 2.75) is 71.1 Å². The molecule has 0 saturated heterocycles. The van der Waals surface area contributed by atoms with E-state index in [0.717, 1.165) is 19.4 Å². The van der Waals surface area contributed by atoms with Crippen molar-refractivity contribution in [1.82, 2.24) is 5.32 Å². The maximum atomic E-state index is 11.8. The lowest BCUT2D eigenvalue weighted by molar-refractivity contribution is -0.145. The number of ether oxygens (including phenoxy) is 10. The summed E-state index contributed by atoms with van der Waals surface area (Å²) in [6.07, 6.45) is 11.6. The molecule has 12 heteroatoms. The Morgan fingerprint density at radius 2 is 0.689 bits per heavy atom. The molecule has 45 heavy (non-hydrogen) atoms. The molecule has 0 aliphatic carbocycles. The van der Waals surface area contributed by atoms with E-state index in [1.807, 2.05) is 7.05 Å². The lowest BCUT2D eigenvalue weighted by Gasteiger charge is -2.09. The number of likely N-dealkylation sites (N-methyl/N-ethyl adjacent to an activating group) is 1. The molecule has 270 valence electrons. The largest absolute Gasteiger partial charge is 0.463 e. The van der Waals surface area contributed by atoms with Crippen LogP contribution >= 0.6 is 0 Å². The lowest BCUT2D eigenvalue weighted by Crippen LogP contribution is -2.17. The molecule has 0 bridgehead atoms. The fourth-order valence-electron chi connectivity index (χ4n) is 3.90. The molecular weight excluding hydrogens is 586 g/mol. The van der Waals surface area contributed by atoms with Crippen molar-refractivity contribution >= 4 is 5.97 Å². The van der Waals surface area contributed by atoms with Crippen molar-refractivity contribution in [1.29, 1.82) is 0 Å². The summed E-state index contributed by atoms with van der Waals surface area (Å²) in [7, 11) is 1.90. The van der Waals surface area contributed by atoms with E-state index in [4.69, 9.17) is 47.4 Å². The van der Waals surface area contributed by atoms with E-state index in [1.165, 1.54) is 44.9 Å². The second kappa shape index (κ2) is 41.1. The Labute approximate surface area is 273 Å². The van der Waals surface area contributed by atoms with E-state index in [0.29, 0.717) is 132 Å². The van der Waals surface area contributed by atoms with Crippen LogP contribution in [0.1, 0.15) is 71.1 Å². The van der Waals surface area contributed by atoms with Crippen LogP contribution in [-0.2, 0) is 52.2 Å². The molecule has 1 N–H and O–H groups in total. The predicted octanol–water partition coefficient (Wildman–Crippen LogP) is 3.82. The van der Waals surface area contributed by atoms with Crippen molar-refractivity contribution in [3.63, 3.8) is 0 Å². The maximum absolute atomic E-state index is 11.8. The van der Waals surface area contributed by atoms with Crippen molar-refractivity contribution in [3.8, 4) is 0 Å². The molecule has 0 amide bonds. The van der Waals surface area contributed by atoms with Gasteiger partial charge in [0.1, 0.15) is 6.61 Å². The molecule has 0 spiro atoms. The Morgan fingerprint density at radius 1 is 0.400 bits per heavy atom. The monoisotopic (exact) mass is 653 g/mol. The van der Waals surface area contributed by atoms with E-state index in [1.54, 1.807) is 0 Å². The van der Waals surface area contributed by atoms with E-state index in [2.05, 4.69) is 12.2 Å². The van der Waals surface area contributed by atoms with Gasteiger partial charge < -0.3 is 52.7 Å². The van der Waals surface area contributed by atoms with Gasteiger partial charge in [-0.05, 0) is 13.5 Å². The number of carbonyl (C=O) groups excluding carboxylic acids is 1. The van der Waals surface area contributed by atoms with Gasteiger partial charge in [-0.3, -0.25) is 4.79 Å². The van der Waals surface area contributed by atoms with Crippen LogP contribution < -0.4 is 5.32 Å². The van der Waals surface area contributed by atoms with E-state index < -0.39 is 0 Å². The Morgan fingerprint density at radius 3 is 1.02 bits per heavy atom. The van der Waals surface area contributed by atoms with Crippen molar-refractivity contribution in [2.24, 2.45) is 0 Å². The first-order valence-electron chi connectivity index (χ1n) is 17.3. The number of unbranched alkanes of at least 4 members (excludes halogenated alkanes) is 8. The molecule has 0 aromatic carbocycles. The molecule has 0 aromatic rings. The van der Waals surface area contributed by atoms with E-state index in [9.17, 15) is 4.79 Å². The van der Waals surface area contributed by atoms with E-state index >= 15 is 0 Å². The van der Waals surface area contributed by atoms with Crippen molar-refractivity contribution in [2.75, 3.05) is 139 Å². The summed E-state index contributed by atoms with van der Waals surface area (Å²) in [5, 5.41) is 3.02. The minimum Gasteiger partial charge on any atom is -0.463 e. The quantitative estimate of drug-likeness (QED) is 0.0765. The molecule has 0 atom stereocenters. The highest BCUT2D eigenvalue weighted by atomic mass is 16.6. The first-order valence-corrected chi connectivity index (χ1v) is 17.3. The summed E-state index contributed by atoms with van der Waals surface area (Å²) >= 11 is 0. The van der Waals surface area contributed by atoms with Gasteiger partial charge in [-0.25, -0.2) is 0 Å². The average Bonchev–Trinajstić information content (AvgIpc) is 3.05. The van der Waals surface area contributed by atoms with Crippen LogP contribution in [0.2, 0.25) is 0 Å². The smallest absolute Gasteiger partial charge is 0.305 e. The number of rotatable bonds is 40. The highest BCUT2D eigenvalue weighted by Gasteiger charge is 2.03. The Bertz CT molecular complexity index is 561. The van der Waals surface area contributed by atoms with Gasteiger partial charge in [0.05, 0.1) is 119 Å². The lowest BCUT2D eigenvalue weighted by atomic mass is 10.1. The topological polar surface area (TPSA) is 121 Å². The molecule has 0 aliphatic rings. The van der Waals surface area contributed by atoms with Crippen LogP contribution in [0.4, 0.5) is 0 Å². The molecule has 0 aliphatic heterocycles. The fraction of sp³-hybridized carbons (Fsp3) is 0.970. The summed E-state index contributed by atoms with van der Waals surface area (Å²) in [6, 6.07) is 0. The molecule has 0 heterocycles. The van der Waals surface area contributed by atoms with E-state index in [-0.39, 0.29) is 5.97 Å².